The van der Waals surface area contributed by atoms with Gasteiger partial charge in [0.15, 0.2) is 6.10 Å². The van der Waals surface area contributed by atoms with Gasteiger partial charge in [-0.15, -0.1) is 16.9 Å². The van der Waals surface area contributed by atoms with Gasteiger partial charge in [-0.25, -0.2) is 23.5 Å². The lowest BCUT2D eigenvalue weighted by Gasteiger charge is -2.33. The van der Waals surface area contributed by atoms with E-state index in [1.807, 2.05) is 6.26 Å². The Morgan fingerprint density at radius 3 is 2.23 bits per heavy atom. The van der Waals surface area contributed by atoms with Crippen molar-refractivity contribution < 1.29 is 33.3 Å². The predicted octanol–water partition coefficient (Wildman–Crippen LogP) is 4.53. The van der Waals surface area contributed by atoms with Crippen molar-refractivity contribution in [3.63, 3.8) is 0 Å². The molecule has 5 rings (SSSR count). The van der Waals surface area contributed by atoms with Crippen LogP contribution < -0.4 is 0 Å². The number of thioether (sulfide) groups is 2. The summed E-state index contributed by atoms with van der Waals surface area (Å²) in [4.78, 5) is 30.1. The zero-order valence-electron chi connectivity index (χ0n) is 21.8. The number of benzene rings is 2. The Balaban J connectivity index is 1.53. The smallest absolute Gasteiger partial charge is 0.338 e. The third-order valence-corrected chi connectivity index (χ3v) is 7.89. The van der Waals surface area contributed by atoms with E-state index in [0.29, 0.717) is 15.7 Å². The lowest BCUT2D eigenvalue weighted by atomic mass is 9.89. The number of aliphatic hydroxyl groups is 1. The molecule has 4 aromatic rings. The monoisotopic (exact) mass is 583 g/mol. The summed E-state index contributed by atoms with van der Waals surface area (Å²) in [5, 5.41) is 17.4. The van der Waals surface area contributed by atoms with Crippen molar-refractivity contribution in [3.8, 4) is 0 Å². The Kier molecular flexibility index (Phi) is 7.87. The minimum atomic E-state index is -2.69. The van der Waals surface area contributed by atoms with Gasteiger partial charge in [-0.3, -0.25) is 0 Å². The summed E-state index contributed by atoms with van der Waals surface area (Å²) in [5.41, 5.74) is -1.73. The molecule has 1 aliphatic heterocycles. The SMILES string of the molecule is CSc1nc(SC)c2ccc(C3(O)O[C@H](COC(=O)c4ccccc4)[C@@H](OC(=O)c4ccccc4)[C@@]3(C)F)n2n1. The Morgan fingerprint density at radius 1 is 1.00 bits per heavy atom. The summed E-state index contributed by atoms with van der Waals surface area (Å²) in [6.45, 7) is 0.590. The number of aromatic nitrogens is 3. The summed E-state index contributed by atoms with van der Waals surface area (Å²) in [6, 6.07) is 19.4. The molecule has 9 nitrogen and oxygen atoms in total. The number of halogens is 1. The van der Waals surface area contributed by atoms with Crippen molar-refractivity contribution in [1.82, 2.24) is 14.6 Å². The first-order valence-corrected chi connectivity index (χ1v) is 14.7. The van der Waals surface area contributed by atoms with Crippen LogP contribution in [0.15, 0.2) is 83.0 Å². The molecular weight excluding hydrogens is 557 g/mol. The van der Waals surface area contributed by atoms with Crippen molar-refractivity contribution in [2.45, 2.75) is 40.8 Å². The van der Waals surface area contributed by atoms with Crippen LogP contribution in [0.4, 0.5) is 4.39 Å². The highest BCUT2D eigenvalue weighted by Gasteiger charge is 2.68. The summed E-state index contributed by atoms with van der Waals surface area (Å²) in [6.07, 6.45) is 0.633. The number of carbonyl (C=O) groups excluding carboxylic acids is 2. The van der Waals surface area contributed by atoms with Gasteiger partial charge in [0.25, 0.3) is 0 Å². The zero-order valence-corrected chi connectivity index (χ0v) is 23.4. The fraction of sp³-hybridized carbons (Fsp3) is 0.286. The lowest BCUT2D eigenvalue weighted by Crippen LogP contribution is -2.51. The molecule has 1 saturated heterocycles. The maximum atomic E-state index is 16.9. The van der Waals surface area contributed by atoms with E-state index in [1.54, 1.807) is 60.9 Å². The quantitative estimate of drug-likeness (QED) is 0.235. The van der Waals surface area contributed by atoms with Gasteiger partial charge in [-0.05, 0) is 55.8 Å². The normalized spacial score (nSPS) is 24.2. The van der Waals surface area contributed by atoms with Crippen LogP contribution >= 0.6 is 23.5 Å². The highest BCUT2D eigenvalue weighted by Crippen LogP contribution is 2.49. The number of fused-ring (bicyclic) bond motifs is 1. The Labute approximate surface area is 238 Å². The fourth-order valence-electron chi connectivity index (χ4n) is 4.57. The Bertz CT molecular complexity index is 1540. The van der Waals surface area contributed by atoms with Crippen LogP contribution in [0.3, 0.4) is 0 Å². The third kappa shape index (κ3) is 4.96. The molecule has 40 heavy (non-hydrogen) atoms. The van der Waals surface area contributed by atoms with Gasteiger partial charge in [0.05, 0.1) is 16.6 Å². The molecule has 0 radical (unpaired) electrons. The summed E-state index contributed by atoms with van der Waals surface area (Å²) < 4.78 is 35.2. The molecule has 1 unspecified atom stereocenters. The molecule has 12 heteroatoms. The molecule has 0 amide bonds. The maximum absolute atomic E-state index is 16.9. The zero-order chi connectivity index (χ0) is 28.5. The van der Waals surface area contributed by atoms with Crippen molar-refractivity contribution in [2.24, 2.45) is 0 Å². The van der Waals surface area contributed by atoms with E-state index < -0.39 is 42.2 Å². The fourth-order valence-corrected chi connectivity index (χ4v) is 5.52. The predicted molar refractivity (Wildman–Crippen MR) is 147 cm³/mol. The van der Waals surface area contributed by atoms with Crippen LogP contribution in [0, 0.1) is 0 Å². The molecule has 3 heterocycles. The van der Waals surface area contributed by atoms with Crippen molar-refractivity contribution in [1.29, 1.82) is 0 Å². The van der Waals surface area contributed by atoms with E-state index in [4.69, 9.17) is 14.2 Å². The number of hydrogen-bond acceptors (Lipinski definition) is 10. The molecule has 208 valence electrons. The summed E-state index contributed by atoms with van der Waals surface area (Å²) in [5.74, 6) is -4.13. The first kappa shape index (κ1) is 28.1. The first-order valence-electron chi connectivity index (χ1n) is 12.2. The van der Waals surface area contributed by atoms with E-state index in [9.17, 15) is 14.7 Å². The van der Waals surface area contributed by atoms with E-state index in [0.717, 1.165) is 6.92 Å². The molecule has 0 aliphatic carbocycles. The second-order valence-corrected chi connectivity index (χ2v) is 10.7. The number of ether oxygens (including phenoxy) is 3. The molecule has 1 fully saturated rings. The summed E-state index contributed by atoms with van der Waals surface area (Å²) >= 11 is 2.65. The topological polar surface area (TPSA) is 112 Å². The van der Waals surface area contributed by atoms with E-state index in [1.165, 1.54) is 46.2 Å². The molecule has 2 aromatic heterocycles. The Hall–Kier alpha value is -3.45. The van der Waals surface area contributed by atoms with Gasteiger partial charge in [0.2, 0.25) is 16.6 Å². The van der Waals surface area contributed by atoms with Crippen LogP contribution in [0.5, 0.6) is 0 Å². The number of alkyl halides is 1. The molecule has 1 aliphatic rings. The second-order valence-electron chi connectivity index (χ2n) is 9.16. The van der Waals surface area contributed by atoms with Gasteiger partial charge in [-0.1, -0.05) is 48.2 Å². The van der Waals surface area contributed by atoms with Crippen LogP contribution in [-0.2, 0) is 20.0 Å². The molecular formula is C28H26FN3O6S2. The third-order valence-electron chi connectivity index (χ3n) is 6.67. The second kappa shape index (κ2) is 11.2. The van der Waals surface area contributed by atoms with Crippen LogP contribution in [0.2, 0.25) is 0 Å². The highest BCUT2D eigenvalue weighted by molar-refractivity contribution is 7.99. The molecule has 2 aromatic carbocycles. The number of nitrogens with zero attached hydrogens (tertiary/aromatic N) is 3. The lowest BCUT2D eigenvalue weighted by molar-refractivity contribution is -0.256. The largest absolute Gasteiger partial charge is 0.459 e. The van der Waals surface area contributed by atoms with Crippen LogP contribution in [0.1, 0.15) is 33.3 Å². The first-order chi connectivity index (χ1) is 19.2. The van der Waals surface area contributed by atoms with Crippen molar-refractivity contribution in [2.75, 3.05) is 19.1 Å². The molecule has 0 saturated carbocycles. The van der Waals surface area contributed by atoms with E-state index in [2.05, 4.69) is 10.1 Å². The summed E-state index contributed by atoms with van der Waals surface area (Å²) in [7, 11) is 0. The number of esters is 2. The average Bonchev–Trinajstić information content (AvgIpc) is 3.49. The van der Waals surface area contributed by atoms with E-state index in [-0.39, 0.29) is 16.8 Å². The van der Waals surface area contributed by atoms with Gasteiger partial charge in [0.1, 0.15) is 23.4 Å². The van der Waals surface area contributed by atoms with Gasteiger partial charge < -0.3 is 19.3 Å². The number of hydrogen-bond donors (Lipinski definition) is 1. The van der Waals surface area contributed by atoms with Gasteiger partial charge in [0, 0.05) is 0 Å². The minimum absolute atomic E-state index is 0.0295. The van der Waals surface area contributed by atoms with Gasteiger partial charge >= 0.3 is 11.9 Å². The molecule has 1 N–H and O–H groups in total. The Morgan fingerprint density at radius 2 is 1.62 bits per heavy atom. The highest BCUT2D eigenvalue weighted by atomic mass is 32.2. The van der Waals surface area contributed by atoms with Gasteiger partial charge in [-0.2, -0.15) is 0 Å². The van der Waals surface area contributed by atoms with Crippen LogP contribution in [0.25, 0.3) is 5.52 Å². The molecule has 4 atom stereocenters. The standard InChI is InChI=1S/C28H26FN3O6S2/c1-27(29)22(37-25(34)18-12-8-5-9-13-18)20(16-36-24(33)17-10-6-4-7-11-17)38-28(27,35)21-15-14-19-23(39-2)30-26(40-3)31-32(19)21/h4-15,20,22,35H,16H2,1-3H3/t20-,22-,27-,28?/m1/s1. The average molecular weight is 584 g/mol. The minimum Gasteiger partial charge on any atom is -0.459 e. The molecule has 0 bridgehead atoms. The maximum Gasteiger partial charge on any atom is 0.338 e. The number of rotatable bonds is 8. The van der Waals surface area contributed by atoms with Crippen molar-refractivity contribution >= 4 is 41.0 Å². The van der Waals surface area contributed by atoms with Crippen molar-refractivity contribution in [3.05, 3.63) is 89.6 Å². The molecule has 0 spiro atoms. The van der Waals surface area contributed by atoms with Crippen LogP contribution in [-0.4, -0.2) is 68.6 Å². The number of carbonyl (C=O) groups is 2. The van der Waals surface area contributed by atoms with E-state index >= 15 is 4.39 Å².